The van der Waals surface area contributed by atoms with Crippen molar-refractivity contribution in [3.63, 3.8) is 0 Å². The molecule has 5 rings (SSSR count). The van der Waals surface area contributed by atoms with Gasteiger partial charge in [0.1, 0.15) is 0 Å². The van der Waals surface area contributed by atoms with E-state index in [1.165, 1.54) is 0 Å². The van der Waals surface area contributed by atoms with Crippen LogP contribution in [0.5, 0.6) is 0 Å². The Labute approximate surface area is 204 Å². The second-order valence-corrected chi connectivity index (χ2v) is 9.17. The zero-order valence-electron chi connectivity index (χ0n) is 19.1. The van der Waals surface area contributed by atoms with Crippen molar-refractivity contribution in [1.29, 1.82) is 0 Å². The van der Waals surface area contributed by atoms with Gasteiger partial charge in [-0.25, -0.2) is 14.6 Å². The molecule has 8 nitrogen and oxygen atoms in total. The summed E-state index contributed by atoms with van der Waals surface area (Å²) in [6, 6.07) is 17.1. The Morgan fingerprint density at radius 3 is 2.34 bits per heavy atom. The lowest BCUT2D eigenvalue weighted by Crippen LogP contribution is -2.00. The number of H-pyrrole nitrogens is 2. The highest BCUT2D eigenvalue weighted by Crippen LogP contribution is 2.35. The molecule has 0 aliphatic heterocycles. The lowest BCUT2D eigenvalue weighted by atomic mass is 9.93. The lowest BCUT2D eigenvalue weighted by Gasteiger charge is -2.11. The molecule has 5 aromatic rings. The number of aromatic nitrogens is 4. The Morgan fingerprint density at radius 1 is 1.03 bits per heavy atom. The van der Waals surface area contributed by atoms with E-state index in [-0.39, 0.29) is 5.56 Å². The topological polar surface area (TPSA) is 125 Å². The van der Waals surface area contributed by atoms with Crippen molar-refractivity contribution in [1.82, 2.24) is 20.1 Å². The van der Waals surface area contributed by atoms with Crippen LogP contribution in [0.2, 0.25) is 0 Å². The van der Waals surface area contributed by atoms with E-state index in [1.807, 2.05) is 55.5 Å². The van der Waals surface area contributed by atoms with Crippen LogP contribution in [-0.4, -0.2) is 36.9 Å². The number of benzene rings is 3. The van der Waals surface area contributed by atoms with E-state index in [1.54, 1.807) is 17.8 Å². The van der Waals surface area contributed by atoms with Crippen molar-refractivity contribution in [2.24, 2.45) is 0 Å². The minimum Gasteiger partial charge on any atom is -0.478 e. The summed E-state index contributed by atoms with van der Waals surface area (Å²) in [6.07, 6.45) is 1.000. The van der Waals surface area contributed by atoms with Crippen LogP contribution in [0.4, 0.5) is 0 Å². The van der Waals surface area contributed by atoms with Crippen molar-refractivity contribution < 1.29 is 14.4 Å². The maximum atomic E-state index is 12.1. The Morgan fingerprint density at radius 2 is 1.71 bits per heavy atom. The molecule has 2 aromatic heterocycles. The third-order valence-corrected chi connectivity index (χ3v) is 6.88. The fraction of sp³-hybridized carbons (Fsp3) is 0.154. The summed E-state index contributed by atoms with van der Waals surface area (Å²) in [7, 11) is 0. The Kier molecular flexibility index (Phi) is 6.00. The number of carboxylic acid groups (broad SMARTS) is 1. The molecular formula is C26H22N4O4S. The van der Waals surface area contributed by atoms with Crippen LogP contribution < -0.4 is 5.76 Å². The van der Waals surface area contributed by atoms with Crippen molar-refractivity contribution in [2.45, 2.75) is 25.4 Å². The van der Waals surface area contributed by atoms with Crippen LogP contribution in [-0.2, 0) is 0 Å². The van der Waals surface area contributed by atoms with Gasteiger partial charge >= 0.3 is 11.7 Å². The average molecular weight is 487 g/mol. The van der Waals surface area contributed by atoms with Crippen LogP contribution in [0.1, 0.15) is 29.3 Å². The molecule has 0 aliphatic rings. The van der Waals surface area contributed by atoms with Crippen LogP contribution in [0.15, 0.2) is 69.1 Å². The third-order valence-electron chi connectivity index (χ3n) is 5.80. The molecule has 0 spiro atoms. The molecule has 3 N–H and O–H groups in total. The molecule has 9 heteroatoms. The van der Waals surface area contributed by atoms with Gasteiger partial charge in [-0.05, 0) is 47.2 Å². The van der Waals surface area contributed by atoms with Gasteiger partial charge in [0.2, 0.25) is 0 Å². The van der Waals surface area contributed by atoms with Crippen molar-refractivity contribution in [3.8, 4) is 33.6 Å². The molecule has 176 valence electrons. The highest BCUT2D eigenvalue weighted by Gasteiger charge is 2.19. The SMILES string of the molecule is CCCSc1nc2c(C)c(-c3ccc(-c4ccccc4-c4noc(=O)[nH]4)cc3)cc(C(=O)O)c2[nH]1. The second-order valence-electron chi connectivity index (χ2n) is 8.08. The van der Waals surface area contributed by atoms with E-state index in [4.69, 9.17) is 4.98 Å². The van der Waals surface area contributed by atoms with Crippen LogP contribution in [0.3, 0.4) is 0 Å². The van der Waals surface area contributed by atoms with Gasteiger partial charge in [0.25, 0.3) is 0 Å². The van der Waals surface area contributed by atoms with Crippen LogP contribution in [0.25, 0.3) is 44.7 Å². The summed E-state index contributed by atoms with van der Waals surface area (Å²) in [6.45, 7) is 4.05. The quantitative estimate of drug-likeness (QED) is 0.250. The largest absolute Gasteiger partial charge is 0.478 e. The predicted octanol–water partition coefficient (Wildman–Crippen LogP) is 5.75. The smallest absolute Gasteiger partial charge is 0.439 e. The maximum Gasteiger partial charge on any atom is 0.439 e. The molecule has 0 saturated heterocycles. The molecule has 0 atom stereocenters. The molecule has 2 heterocycles. The summed E-state index contributed by atoms with van der Waals surface area (Å²) in [5.74, 6) is -0.351. The van der Waals surface area contributed by atoms with E-state index in [0.717, 1.165) is 50.7 Å². The Balaban J connectivity index is 1.58. The van der Waals surface area contributed by atoms with E-state index in [0.29, 0.717) is 16.9 Å². The number of imidazole rings is 1. The third kappa shape index (κ3) is 4.26. The number of fused-ring (bicyclic) bond motifs is 1. The van der Waals surface area contributed by atoms with E-state index in [9.17, 15) is 14.7 Å². The highest BCUT2D eigenvalue weighted by molar-refractivity contribution is 7.99. The molecule has 0 unspecified atom stereocenters. The molecule has 0 aliphatic carbocycles. The number of hydrogen-bond acceptors (Lipinski definition) is 6. The normalized spacial score (nSPS) is 11.3. The molecule has 0 amide bonds. The fourth-order valence-electron chi connectivity index (χ4n) is 4.12. The zero-order valence-corrected chi connectivity index (χ0v) is 19.9. The van der Waals surface area contributed by atoms with Crippen LogP contribution >= 0.6 is 11.8 Å². The Hall–Kier alpha value is -4.11. The lowest BCUT2D eigenvalue weighted by molar-refractivity contribution is 0.0699. The van der Waals surface area contributed by atoms with E-state index < -0.39 is 11.7 Å². The standard InChI is InChI=1S/C26H22N4O4S/c1-3-12-35-25-27-21-14(2)19(13-20(24(31)32)22(21)28-25)16-10-8-15(9-11-16)17-6-4-5-7-18(17)23-29-26(33)34-30-23/h4-11,13H,3,12H2,1-2H3,(H,27,28)(H,31,32)(H,29,30,33). The molecule has 3 aromatic carbocycles. The van der Waals surface area contributed by atoms with E-state index >= 15 is 0 Å². The van der Waals surface area contributed by atoms with Crippen molar-refractivity contribution >= 4 is 28.8 Å². The summed E-state index contributed by atoms with van der Waals surface area (Å²) in [5.41, 5.74) is 6.56. The summed E-state index contributed by atoms with van der Waals surface area (Å²) >= 11 is 1.58. The number of carboxylic acids is 1. The summed E-state index contributed by atoms with van der Waals surface area (Å²) in [4.78, 5) is 34.0. The number of aromatic amines is 2. The van der Waals surface area contributed by atoms with E-state index in [2.05, 4.69) is 26.6 Å². The minimum atomic E-state index is -1.00. The number of thioether (sulfide) groups is 1. The van der Waals surface area contributed by atoms with Crippen LogP contribution in [0, 0.1) is 6.92 Å². The molecular weight excluding hydrogens is 464 g/mol. The number of rotatable bonds is 7. The van der Waals surface area contributed by atoms with Crippen molar-refractivity contribution in [2.75, 3.05) is 5.75 Å². The Bertz CT molecular complexity index is 1600. The van der Waals surface area contributed by atoms with Gasteiger partial charge in [-0.2, -0.15) is 0 Å². The number of aromatic carboxylic acids is 1. The minimum absolute atomic E-state index is 0.195. The number of hydrogen-bond donors (Lipinski definition) is 3. The monoisotopic (exact) mass is 486 g/mol. The van der Waals surface area contributed by atoms with Gasteiger partial charge in [-0.15, -0.1) is 0 Å². The maximum absolute atomic E-state index is 12.1. The molecule has 0 fully saturated rings. The van der Waals surface area contributed by atoms with Gasteiger partial charge < -0.3 is 10.1 Å². The van der Waals surface area contributed by atoms with Gasteiger partial charge in [-0.1, -0.05) is 72.4 Å². The first-order valence-electron chi connectivity index (χ1n) is 11.1. The number of aryl methyl sites for hydroxylation is 1. The molecule has 35 heavy (non-hydrogen) atoms. The van der Waals surface area contributed by atoms with Gasteiger partial charge in [0, 0.05) is 11.3 Å². The fourth-order valence-corrected chi connectivity index (χ4v) is 4.85. The summed E-state index contributed by atoms with van der Waals surface area (Å²) in [5, 5.41) is 14.4. The molecule has 0 radical (unpaired) electrons. The molecule has 0 saturated carbocycles. The first kappa shape index (κ1) is 22.7. The molecule has 0 bridgehead atoms. The van der Waals surface area contributed by atoms with Crippen molar-refractivity contribution in [3.05, 3.63) is 76.3 Å². The zero-order chi connectivity index (χ0) is 24.5. The number of nitrogens with zero attached hydrogens (tertiary/aromatic N) is 2. The second kappa shape index (κ2) is 9.27. The number of nitrogens with one attached hydrogen (secondary N) is 2. The summed E-state index contributed by atoms with van der Waals surface area (Å²) < 4.78 is 4.67. The van der Waals surface area contributed by atoms with Gasteiger partial charge in [0.15, 0.2) is 11.0 Å². The highest BCUT2D eigenvalue weighted by atomic mass is 32.2. The van der Waals surface area contributed by atoms with Gasteiger partial charge in [-0.3, -0.25) is 9.51 Å². The first-order valence-corrected chi connectivity index (χ1v) is 12.1. The average Bonchev–Trinajstić information content (AvgIpc) is 3.50. The number of carbonyl (C=O) groups is 1. The predicted molar refractivity (Wildman–Crippen MR) is 136 cm³/mol. The van der Waals surface area contributed by atoms with Gasteiger partial charge in [0.05, 0.1) is 16.6 Å². The first-order chi connectivity index (χ1) is 17.0.